The molecule has 2 amide bonds. The van der Waals surface area contributed by atoms with Crippen molar-refractivity contribution in [1.82, 2.24) is 25.3 Å². The first-order chi connectivity index (χ1) is 18.3. The Morgan fingerprint density at radius 1 is 1.14 bits per heavy atom. The van der Waals surface area contributed by atoms with Crippen molar-refractivity contribution in [2.24, 2.45) is 0 Å². The van der Waals surface area contributed by atoms with E-state index in [2.05, 4.69) is 30.6 Å². The van der Waals surface area contributed by atoms with E-state index in [4.69, 9.17) is 10.6 Å². The fraction of sp³-hybridized carbons (Fsp3) is 0.238. The fourth-order valence-corrected chi connectivity index (χ4v) is 2.71. The Kier molecular flexibility index (Phi) is 6.06. The van der Waals surface area contributed by atoms with E-state index in [1.807, 2.05) is 5.32 Å². The largest absolute Gasteiger partial charge is 0.481 e. The van der Waals surface area contributed by atoms with Crippen LogP contribution >= 0.6 is 0 Å². The molecule has 3 aromatic rings. The topological polar surface area (TPSA) is 216 Å². The van der Waals surface area contributed by atoms with Crippen molar-refractivity contribution in [3.05, 3.63) is 52.0 Å². The standard InChI is InChI=1S/C21H21N7O7/c1-10(29)24-21-27-17-16(19(33)28-21)25-13(9-23-17)8-22-12-4-2-11(3-5-12)18(32)26-14(20(34)35)6-7-15(30)31/h2-5,9,14,22H,6-8H2,1H3,(H,26,32)(H,30,31)(H,34,35)(H2,23,24,27,28,29,33)/t14-/m0/s1/i2D,3D,4D,5D. The van der Waals surface area contributed by atoms with Crippen LogP contribution in [0.5, 0.6) is 0 Å². The number of aliphatic carboxylic acids is 2. The van der Waals surface area contributed by atoms with Crippen molar-refractivity contribution in [3.8, 4) is 0 Å². The number of benzene rings is 1. The second kappa shape index (κ2) is 10.8. The molecule has 2 heterocycles. The maximum atomic E-state index is 12.7. The van der Waals surface area contributed by atoms with Gasteiger partial charge in [-0.3, -0.25) is 29.5 Å². The van der Waals surface area contributed by atoms with Gasteiger partial charge in [0, 0.05) is 24.6 Å². The number of carbonyl (C=O) groups excluding carboxylic acids is 2. The number of anilines is 2. The highest BCUT2D eigenvalue weighted by atomic mass is 16.4. The van der Waals surface area contributed by atoms with E-state index < -0.39 is 77.9 Å². The molecule has 0 aliphatic rings. The number of hydrogen-bond acceptors (Lipinski definition) is 9. The average molecular weight is 487 g/mol. The highest BCUT2D eigenvalue weighted by Crippen LogP contribution is 2.12. The summed E-state index contributed by atoms with van der Waals surface area (Å²) < 4.78 is 32.8. The third kappa shape index (κ3) is 6.80. The summed E-state index contributed by atoms with van der Waals surface area (Å²) in [6.07, 6.45) is 0.212. The van der Waals surface area contributed by atoms with Crippen molar-refractivity contribution in [2.75, 3.05) is 10.6 Å². The molecule has 0 aliphatic heterocycles. The molecule has 182 valence electrons. The molecular weight excluding hydrogens is 462 g/mol. The van der Waals surface area contributed by atoms with Gasteiger partial charge < -0.3 is 20.8 Å². The van der Waals surface area contributed by atoms with Crippen LogP contribution in [-0.4, -0.2) is 59.9 Å². The monoisotopic (exact) mass is 487 g/mol. The lowest BCUT2D eigenvalue weighted by molar-refractivity contribution is -0.140. The smallest absolute Gasteiger partial charge is 0.326 e. The highest BCUT2D eigenvalue weighted by Gasteiger charge is 2.21. The van der Waals surface area contributed by atoms with Gasteiger partial charge in [-0.2, -0.15) is 4.98 Å². The molecule has 2 aromatic heterocycles. The quantitative estimate of drug-likeness (QED) is 0.229. The van der Waals surface area contributed by atoms with Gasteiger partial charge in [0.2, 0.25) is 11.9 Å². The lowest BCUT2D eigenvalue weighted by atomic mass is 10.1. The molecule has 35 heavy (non-hydrogen) atoms. The number of carboxylic acid groups (broad SMARTS) is 2. The predicted octanol–water partition coefficient (Wildman–Crippen LogP) is 0.331. The Balaban J connectivity index is 1.85. The van der Waals surface area contributed by atoms with Crippen LogP contribution in [0.4, 0.5) is 11.6 Å². The molecule has 1 atom stereocenters. The van der Waals surface area contributed by atoms with Crippen LogP contribution in [0.2, 0.25) is 0 Å². The molecule has 0 radical (unpaired) electrons. The second-order valence-corrected chi connectivity index (χ2v) is 7.03. The predicted molar refractivity (Wildman–Crippen MR) is 122 cm³/mol. The summed E-state index contributed by atoms with van der Waals surface area (Å²) in [4.78, 5) is 72.7. The van der Waals surface area contributed by atoms with Crippen LogP contribution in [0.1, 0.15) is 41.3 Å². The molecule has 0 unspecified atom stereocenters. The van der Waals surface area contributed by atoms with Crippen LogP contribution in [0.3, 0.4) is 0 Å². The normalized spacial score (nSPS) is 13.1. The number of aromatic nitrogens is 4. The van der Waals surface area contributed by atoms with Crippen LogP contribution < -0.4 is 21.5 Å². The number of fused-ring (bicyclic) bond motifs is 1. The minimum absolute atomic E-state index is 0.0612. The number of amides is 2. The molecule has 14 nitrogen and oxygen atoms in total. The molecule has 0 bridgehead atoms. The van der Waals surface area contributed by atoms with Crippen molar-refractivity contribution in [1.29, 1.82) is 0 Å². The maximum Gasteiger partial charge on any atom is 0.326 e. The van der Waals surface area contributed by atoms with Crippen molar-refractivity contribution >= 4 is 46.6 Å². The molecule has 14 heteroatoms. The fourth-order valence-electron chi connectivity index (χ4n) is 2.71. The zero-order valence-electron chi connectivity index (χ0n) is 22.1. The maximum absolute atomic E-state index is 12.7. The van der Waals surface area contributed by atoms with Gasteiger partial charge in [-0.25, -0.2) is 14.8 Å². The third-order valence-electron chi connectivity index (χ3n) is 4.31. The van der Waals surface area contributed by atoms with Gasteiger partial charge in [0.1, 0.15) is 6.04 Å². The molecule has 6 N–H and O–H groups in total. The van der Waals surface area contributed by atoms with Gasteiger partial charge in [0.25, 0.3) is 11.5 Å². The first-order valence-electron chi connectivity index (χ1n) is 11.9. The summed E-state index contributed by atoms with van der Waals surface area (Å²) in [7, 11) is 0. The van der Waals surface area contributed by atoms with Gasteiger partial charge in [0.05, 0.1) is 23.9 Å². The van der Waals surface area contributed by atoms with Crippen molar-refractivity contribution in [2.45, 2.75) is 32.4 Å². The number of aromatic amines is 1. The van der Waals surface area contributed by atoms with E-state index in [0.29, 0.717) is 0 Å². The van der Waals surface area contributed by atoms with Gasteiger partial charge in [-0.15, -0.1) is 0 Å². The summed E-state index contributed by atoms with van der Waals surface area (Å²) in [6.45, 7) is 1.01. The van der Waals surface area contributed by atoms with E-state index in [1.54, 1.807) is 0 Å². The van der Waals surface area contributed by atoms with Gasteiger partial charge in [0.15, 0.2) is 11.2 Å². The SMILES string of the molecule is [2H]c1c([2H])c(C(=O)N[C@@H](CCC(=O)O)C(=O)O)c([2H])c([2H])c1NCc1cnc2nc(NC(C)=O)[nH]c(=O)c2n1. The Morgan fingerprint density at radius 3 is 2.49 bits per heavy atom. The number of nitrogens with one attached hydrogen (secondary N) is 4. The first kappa shape index (κ1) is 19.6. The zero-order valence-corrected chi connectivity index (χ0v) is 18.1. The van der Waals surface area contributed by atoms with Gasteiger partial charge in [-0.05, 0) is 30.6 Å². The van der Waals surface area contributed by atoms with Crippen LogP contribution in [-0.2, 0) is 20.9 Å². The highest BCUT2D eigenvalue weighted by molar-refractivity contribution is 5.97. The first-order valence-corrected chi connectivity index (χ1v) is 9.93. The molecular formula is C21H21N7O7. The summed E-state index contributed by atoms with van der Waals surface area (Å²) in [5, 5.41) is 25.0. The number of hydrogen-bond donors (Lipinski definition) is 6. The molecule has 0 spiro atoms. The van der Waals surface area contributed by atoms with Crippen LogP contribution in [0, 0.1) is 0 Å². The van der Waals surface area contributed by atoms with Crippen molar-refractivity contribution in [3.63, 3.8) is 0 Å². The Labute approximate surface area is 202 Å². The number of rotatable bonds is 10. The number of carboxylic acids is 2. The summed E-state index contributed by atoms with van der Waals surface area (Å²) in [5.74, 6) is -4.63. The minimum atomic E-state index is -1.63. The third-order valence-corrected chi connectivity index (χ3v) is 4.31. The molecule has 1 aromatic carbocycles. The number of carbonyl (C=O) groups is 4. The molecule has 0 fully saturated rings. The average Bonchev–Trinajstić information content (AvgIpc) is 2.85. The lowest BCUT2D eigenvalue weighted by Gasteiger charge is -2.14. The summed E-state index contributed by atoms with van der Waals surface area (Å²) in [6, 6.07) is -4.46. The van der Waals surface area contributed by atoms with Crippen LogP contribution in [0.15, 0.2) is 35.2 Å². The number of nitrogens with zero attached hydrogens (tertiary/aromatic N) is 3. The zero-order chi connectivity index (χ0) is 29.0. The molecule has 0 aliphatic carbocycles. The van der Waals surface area contributed by atoms with E-state index in [0.717, 1.165) is 0 Å². The molecule has 3 rings (SSSR count). The lowest BCUT2D eigenvalue weighted by Crippen LogP contribution is -2.41. The van der Waals surface area contributed by atoms with Crippen molar-refractivity contribution < 1.29 is 34.9 Å². The Bertz CT molecular complexity index is 1530. The van der Waals surface area contributed by atoms with E-state index in [9.17, 15) is 29.1 Å². The van der Waals surface area contributed by atoms with E-state index in [1.165, 1.54) is 13.1 Å². The minimum Gasteiger partial charge on any atom is -0.481 e. The second-order valence-electron chi connectivity index (χ2n) is 7.03. The summed E-state index contributed by atoms with van der Waals surface area (Å²) in [5.41, 5.74) is -1.80. The Morgan fingerprint density at radius 2 is 1.86 bits per heavy atom. The van der Waals surface area contributed by atoms with E-state index in [-0.39, 0.29) is 35.0 Å². The number of H-pyrrole nitrogens is 1. The van der Waals surface area contributed by atoms with Gasteiger partial charge >= 0.3 is 11.9 Å². The van der Waals surface area contributed by atoms with E-state index >= 15 is 0 Å². The molecule has 0 saturated heterocycles. The van der Waals surface area contributed by atoms with Crippen LogP contribution in [0.25, 0.3) is 11.2 Å². The Hall–Kier alpha value is -4.88. The molecule has 0 saturated carbocycles. The van der Waals surface area contributed by atoms with Gasteiger partial charge in [-0.1, -0.05) is 0 Å². The summed E-state index contributed by atoms with van der Waals surface area (Å²) >= 11 is 0.